The van der Waals surface area contributed by atoms with Crippen LogP contribution in [0, 0.1) is 0 Å². The predicted octanol–water partition coefficient (Wildman–Crippen LogP) is 4.17. The third kappa shape index (κ3) is 5.08. The van der Waals surface area contributed by atoms with E-state index in [0.717, 1.165) is 18.4 Å². The third-order valence-electron chi connectivity index (χ3n) is 5.60. The van der Waals surface area contributed by atoms with E-state index >= 15 is 0 Å². The topological polar surface area (TPSA) is 59.0 Å². The Morgan fingerprint density at radius 3 is 2.50 bits per heavy atom. The van der Waals surface area contributed by atoms with Gasteiger partial charge in [0.05, 0.1) is 18.8 Å². The molecule has 0 aliphatic carbocycles. The van der Waals surface area contributed by atoms with Crippen molar-refractivity contribution in [2.45, 2.75) is 70.5 Å². The summed E-state index contributed by atoms with van der Waals surface area (Å²) in [6.45, 7) is 11.7. The highest BCUT2D eigenvalue weighted by molar-refractivity contribution is 6.74. The molecule has 0 spiro atoms. The van der Waals surface area contributed by atoms with Crippen molar-refractivity contribution in [2.24, 2.45) is 0 Å². The smallest absolute Gasteiger partial charge is 0.410 e. The number of piperidine rings is 1. The Bertz CT molecular complexity index is 585. The molecule has 0 aromatic heterocycles. The Balaban J connectivity index is 2.03. The molecule has 1 heterocycles. The van der Waals surface area contributed by atoms with E-state index in [2.05, 4.69) is 33.9 Å². The molecule has 0 bridgehead atoms. The molecular weight excluding hydrogens is 346 g/mol. The molecular formula is C20H33NO4Si. The van der Waals surface area contributed by atoms with Crippen LogP contribution in [0.1, 0.15) is 39.2 Å². The fourth-order valence-corrected chi connectivity index (χ4v) is 4.34. The number of rotatable bonds is 5. The van der Waals surface area contributed by atoms with Gasteiger partial charge in [0.1, 0.15) is 6.61 Å². The van der Waals surface area contributed by atoms with E-state index < -0.39 is 8.32 Å². The highest BCUT2D eigenvalue weighted by Crippen LogP contribution is 2.39. The maximum Gasteiger partial charge on any atom is 0.410 e. The summed E-state index contributed by atoms with van der Waals surface area (Å²) >= 11 is 0. The number of ether oxygens (including phenoxy) is 1. The summed E-state index contributed by atoms with van der Waals surface area (Å²) in [7, 11) is -1.98. The summed E-state index contributed by atoms with van der Waals surface area (Å²) in [4.78, 5) is 14.2. The van der Waals surface area contributed by atoms with Gasteiger partial charge in [-0.15, -0.1) is 0 Å². The van der Waals surface area contributed by atoms with Crippen molar-refractivity contribution in [3.63, 3.8) is 0 Å². The molecule has 1 aromatic carbocycles. The fourth-order valence-electron chi connectivity index (χ4n) is 2.96. The number of carbonyl (C=O) groups excluding carboxylic acids is 1. The van der Waals surface area contributed by atoms with E-state index in [9.17, 15) is 9.90 Å². The molecule has 1 aliphatic rings. The molecule has 1 aliphatic heterocycles. The second-order valence-corrected chi connectivity index (χ2v) is 13.3. The van der Waals surface area contributed by atoms with Crippen molar-refractivity contribution in [1.29, 1.82) is 0 Å². The van der Waals surface area contributed by atoms with Crippen LogP contribution in [-0.4, -0.2) is 49.7 Å². The Hall–Kier alpha value is -1.37. The molecule has 1 N–H and O–H groups in total. The van der Waals surface area contributed by atoms with Gasteiger partial charge in [-0.2, -0.15) is 0 Å². The molecule has 1 aromatic rings. The van der Waals surface area contributed by atoms with Crippen molar-refractivity contribution < 1.29 is 19.1 Å². The lowest BCUT2D eigenvalue weighted by molar-refractivity contribution is -0.0121. The van der Waals surface area contributed by atoms with E-state index in [1.54, 1.807) is 4.90 Å². The fraction of sp³-hybridized carbons (Fsp3) is 0.650. The second-order valence-electron chi connectivity index (χ2n) is 8.54. The van der Waals surface area contributed by atoms with Gasteiger partial charge in [0.15, 0.2) is 8.32 Å². The average molecular weight is 380 g/mol. The first-order valence-electron chi connectivity index (χ1n) is 9.42. The minimum Gasteiger partial charge on any atom is -0.445 e. The lowest BCUT2D eigenvalue weighted by Crippen LogP contribution is -2.57. The predicted molar refractivity (Wildman–Crippen MR) is 106 cm³/mol. The first-order chi connectivity index (χ1) is 12.2. The van der Waals surface area contributed by atoms with Gasteiger partial charge in [0.25, 0.3) is 0 Å². The normalized spacial score (nSPS) is 21.5. The van der Waals surface area contributed by atoms with Crippen molar-refractivity contribution in [2.75, 3.05) is 13.2 Å². The molecule has 26 heavy (non-hydrogen) atoms. The molecule has 1 fully saturated rings. The van der Waals surface area contributed by atoms with E-state index in [0.29, 0.717) is 6.54 Å². The van der Waals surface area contributed by atoms with Gasteiger partial charge in [0, 0.05) is 6.54 Å². The maximum atomic E-state index is 12.6. The first kappa shape index (κ1) is 20.9. The standard InChI is InChI=1S/C20H33NO4Si/c1-20(2,3)26(4,5)25-18-12-9-13-21(17(18)14-22)19(23)24-15-16-10-7-6-8-11-16/h6-8,10-11,17-18,22H,9,12-15H2,1-5H3/t17-,18+/m0/s1. The van der Waals surface area contributed by atoms with Crippen LogP contribution in [0.25, 0.3) is 0 Å². The molecule has 146 valence electrons. The van der Waals surface area contributed by atoms with Gasteiger partial charge in [-0.1, -0.05) is 51.1 Å². The number of aliphatic hydroxyl groups is 1. The van der Waals surface area contributed by atoms with Gasteiger partial charge in [0.2, 0.25) is 0 Å². The van der Waals surface area contributed by atoms with E-state index in [-0.39, 0.29) is 36.5 Å². The average Bonchev–Trinajstić information content (AvgIpc) is 2.59. The lowest BCUT2D eigenvalue weighted by Gasteiger charge is -2.45. The third-order valence-corrected chi connectivity index (χ3v) is 10.1. The summed E-state index contributed by atoms with van der Waals surface area (Å²) in [5, 5.41) is 10.0. The molecule has 5 nitrogen and oxygen atoms in total. The van der Waals surface area contributed by atoms with E-state index in [1.807, 2.05) is 30.3 Å². The van der Waals surface area contributed by atoms with Crippen LogP contribution >= 0.6 is 0 Å². The largest absolute Gasteiger partial charge is 0.445 e. The number of amides is 1. The van der Waals surface area contributed by atoms with Gasteiger partial charge in [-0.25, -0.2) is 4.79 Å². The number of aliphatic hydroxyl groups excluding tert-OH is 1. The number of likely N-dealkylation sites (tertiary alicyclic amines) is 1. The molecule has 2 rings (SSSR count). The molecule has 0 unspecified atom stereocenters. The summed E-state index contributed by atoms with van der Waals surface area (Å²) in [6.07, 6.45) is 1.20. The maximum absolute atomic E-state index is 12.6. The number of hydrogen-bond acceptors (Lipinski definition) is 4. The Morgan fingerprint density at radius 1 is 1.27 bits per heavy atom. The van der Waals surface area contributed by atoms with Gasteiger partial charge in [-0.3, -0.25) is 0 Å². The van der Waals surface area contributed by atoms with Crippen LogP contribution in [0.3, 0.4) is 0 Å². The lowest BCUT2D eigenvalue weighted by atomic mass is 10.0. The zero-order valence-electron chi connectivity index (χ0n) is 16.7. The Kier molecular flexibility index (Phi) is 6.88. The second kappa shape index (κ2) is 8.54. The SMILES string of the molecule is CC(C)(C)[Si](C)(C)O[C@@H]1CCCN(C(=O)OCc2ccccc2)[C@H]1CO. The van der Waals surface area contributed by atoms with Gasteiger partial charge in [-0.05, 0) is 36.5 Å². The molecule has 1 saturated heterocycles. The van der Waals surface area contributed by atoms with Crippen LogP contribution in [-0.2, 0) is 15.8 Å². The quantitative estimate of drug-likeness (QED) is 0.780. The van der Waals surface area contributed by atoms with E-state index in [1.165, 1.54) is 0 Å². The van der Waals surface area contributed by atoms with Crippen molar-refractivity contribution in [3.8, 4) is 0 Å². The summed E-state index contributed by atoms with van der Waals surface area (Å²) in [5.74, 6) is 0. The highest BCUT2D eigenvalue weighted by Gasteiger charge is 2.43. The molecule has 0 saturated carbocycles. The van der Waals surface area contributed by atoms with Crippen molar-refractivity contribution in [1.82, 2.24) is 4.90 Å². The van der Waals surface area contributed by atoms with Gasteiger partial charge >= 0.3 is 6.09 Å². The minimum atomic E-state index is -1.98. The van der Waals surface area contributed by atoms with Crippen LogP contribution in [0.4, 0.5) is 4.79 Å². The molecule has 0 radical (unpaired) electrons. The number of hydrogen-bond donors (Lipinski definition) is 1. The van der Waals surface area contributed by atoms with Crippen LogP contribution < -0.4 is 0 Å². The van der Waals surface area contributed by atoms with Crippen LogP contribution in [0.2, 0.25) is 18.1 Å². The van der Waals surface area contributed by atoms with Crippen molar-refractivity contribution in [3.05, 3.63) is 35.9 Å². The van der Waals surface area contributed by atoms with Crippen molar-refractivity contribution >= 4 is 14.4 Å². The van der Waals surface area contributed by atoms with Gasteiger partial charge < -0.3 is 19.2 Å². The number of benzene rings is 1. The zero-order chi connectivity index (χ0) is 19.4. The van der Waals surface area contributed by atoms with Crippen LogP contribution in [0.5, 0.6) is 0 Å². The Labute approximate surface area is 158 Å². The Morgan fingerprint density at radius 2 is 1.92 bits per heavy atom. The molecule has 2 atom stereocenters. The number of nitrogens with zero attached hydrogens (tertiary/aromatic N) is 1. The molecule has 1 amide bonds. The van der Waals surface area contributed by atoms with E-state index in [4.69, 9.17) is 9.16 Å². The summed E-state index contributed by atoms with van der Waals surface area (Å²) < 4.78 is 12.0. The van der Waals surface area contributed by atoms with Crippen LogP contribution in [0.15, 0.2) is 30.3 Å². The number of carbonyl (C=O) groups is 1. The summed E-state index contributed by atoms with van der Waals surface area (Å²) in [5.41, 5.74) is 0.951. The zero-order valence-corrected chi connectivity index (χ0v) is 17.7. The first-order valence-corrected chi connectivity index (χ1v) is 12.3. The summed E-state index contributed by atoms with van der Waals surface area (Å²) in [6, 6.07) is 9.28. The molecule has 6 heteroatoms. The highest BCUT2D eigenvalue weighted by atomic mass is 28.4. The monoisotopic (exact) mass is 379 g/mol. The minimum absolute atomic E-state index is 0.0864.